The van der Waals surface area contributed by atoms with Gasteiger partial charge in [-0.05, 0) is 44.6 Å². The predicted octanol–water partition coefficient (Wildman–Crippen LogP) is 3.45. The summed E-state index contributed by atoms with van der Waals surface area (Å²) in [6.07, 6.45) is 1.23. The Morgan fingerprint density at radius 3 is 2.16 bits per heavy atom. The first kappa shape index (κ1) is 16.2. The maximum absolute atomic E-state index is 2.48. The molecular formula is C17H30N2. The predicted molar refractivity (Wildman–Crippen MR) is 84.8 cm³/mol. The lowest BCUT2D eigenvalue weighted by Gasteiger charge is -2.24. The summed E-state index contributed by atoms with van der Waals surface area (Å²) in [6, 6.07) is 10.8. The minimum atomic E-state index is 0.650. The summed E-state index contributed by atoms with van der Waals surface area (Å²) in [5, 5.41) is 0. The first-order valence-electron chi connectivity index (χ1n) is 7.63. The smallest absolute Gasteiger partial charge is 0.0109 e. The number of hydrogen-bond acceptors (Lipinski definition) is 2. The molecule has 0 aliphatic carbocycles. The summed E-state index contributed by atoms with van der Waals surface area (Å²) < 4.78 is 0. The van der Waals surface area contributed by atoms with Gasteiger partial charge in [0.1, 0.15) is 0 Å². The van der Waals surface area contributed by atoms with Crippen molar-refractivity contribution in [3.8, 4) is 0 Å². The summed E-state index contributed by atoms with van der Waals surface area (Å²) in [5.41, 5.74) is 1.46. The maximum Gasteiger partial charge on any atom is 0.0109 e. The average Bonchev–Trinajstić information content (AvgIpc) is 2.46. The van der Waals surface area contributed by atoms with Gasteiger partial charge in [-0.3, -0.25) is 0 Å². The summed E-state index contributed by atoms with van der Waals surface area (Å²) in [5.74, 6) is 0.650. The molecular weight excluding hydrogens is 232 g/mol. The van der Waals surface area contributed by atoms with Gasteiger partial charge in [0.15, 0.2) is 0 Å². The van der Waals surface area contributed by atoms with E-state index in [1.165, 1.54) is 31.6 Å². The fourth-order valence-electron chi connectivity index (χ4n) is 2.33. The van der Waals surface area contributed by atoms with Crippen LogP contribution in [0.2, 0.25) is 0 Å². The summed E-state index contributed by atoms with van der Waals surface area (Å²) in [7, 11) is 2.24. The van der Waals surface area contributed by atoms with Crippen LogP contribution in [0.25, 0.3) is 0 Å². The van der Waals surface area contributed by atoms with Crippen LogP contribution in [0, 0.1) is 0 Å². The molecule has 2 heteroatoms. The van der Waals surface area contributed by atoms with Crippen molar-refractivity contribution in [2.75, 3.05) is 39.8 Å². The van der Waals surface area contributed by atoms with Crippen LogP contribution >= 0.6 is 0 Å². The first-order chi connectivity index (χ1) is 9.17. The highest BCUT2D eigenvalue weighted by molar-refractivity contribution is 5.18. The summed E-state index contributed by atoms with van der Waals surface area (Å²) >= 11 is 0. The second-order valence-corrected chi connectivity index (χ2v) is 5.43. The van der Waals surface area contributed by atoms with E-state index in [-0.39, 0.29) is 0 Å². The van der Waals surface area contributed by atoms with Crippen LogP contribution in [0.15, 0.2) is 30.3 Å². The summed E-state index contributed by atoms with van der Waals surface area (Å²) in [6.45, 7) is 12.6. The molecule has 1 atom stereocenters. The number of hydrogen-bond donors (Lipinski definition) is 0. The van der Waals surface area contributed by atoms with Gasteiger partial charge in [-0.1, -0.05) is 51.1 Å². The van der Waals surface area contributed by atoms with E-state index in [2.05, 4.69) is 68.0 Å². The van der Waals surface area contributed by atoms with E-state index in [0.717, 1.165) is 13.1 Å². The van der Waals surface area contributed by atoms with E-state index in [1.807, 2.05) is 0 Å². The van der Waals surface area contributed by atoms with Crippen molar-refractivity contribution >= 4 is 0 Å². The van der Waals surface area contributed by atoms with Crippen molar-refractivity contribution in [1.29, 1.82) is 0 Å². The zero-order valence-electron chi connectivity index (χ0n) is 13.1. The highest BCUT2D eigenvalue weighted by Crippen LogP contribution is 2.18. The molecule has 1 aromatic carbocycles. The van der Waals surface area contributed by atoms with E-state index in [9.17, 15) is 0 Å². The minimum Gasteiger partial charge on any atom is -0.305 e. The Morgan fingerprint density at radius 1 is 0.947 bits per heavy atom. The second-order valence-electron chi connectivity index (χ2n) is 5.43. The van der Waals surface area contributed by atoms with Crippen LogP contribution in [0.3, 0.4) is 0 Å². The Hall–Kier alpha value is -0.860. The molecule has 1 aromatic rings. The molecule has 108 valence electrons. The first-order valence-corrected chi connectivity index (χ1v) is 7.63. The fourth-order valence-corrected chi connectivity index (χ4v) is 2.33. The average molecular weight is 262 g/mol. The van der Waals surface area contributed by atoms with E-state index in [4.69, 9.17) is 0 Å². The number of likely N-dealkylation sites (N-methyl/N-ethyl adjacent to an activating group) is 2. The van der Waals surface area contributed by atoms with Gasteiger partial charge in [0.2, 0.25) is 0 Å². The maximum atomic E-state index is 2.48. The van der Waals surface area contributed by atoms with Gasteiger partial charge in [-0.15, -0.1) is 0 Å². The van der Waals surface area contributed by atoms with Crippen LogP contribution in [0.4, 0.5) is 0 Å². The molecule has 1 rings (SSSR count). The molecule has 0 aromatic heterocycles. The van der Waals surface area contributed by atoms with Crippen LogP contribution in [0.1, 0.15) is 38.7 Å². The van der Waals surface area contributed by atoms with Crippen LogP contribution in [-0.2, 0) is 0 Å². The largest absolute Gasteiger partial charge is 0.305 e. The third-order valence-electron chi connectivity index (χ3n) is 4.00. The second kappa shape index (κ2) is 9.11. The van der Waals surface area contributed by atoms with Gasteiger partial charge in [0.05, 0.1) is 0 Å². The molecule has 0 aliphatic heterocycles. The Morgan fingerprint density at radius 2 is 1.58 bits per heavy atom. The monoisotopic (exact) mass is 262 g/mol. The highest BCUT2D eigenvalue weighted by atomic mass is 15.2. The van der Waals surface area contributed by atoms with E-state index < -0.39 is 0 Å². The standard InChI is InChI=1S/C17H30N2/c1-5-19(6-2)15-14-18(4)13-12-16(3)17-10-8-7-9-11-17/h7-11,16H,5-6,12-15H2,1-4H3. The molecule has 0 saturated heterocycles. The lowest BCUT2D eigenvalue weighted by atomic mass is 9.98. The van der Waals surface area contributed by atoms with Crippen molar-refractivity contribution in [3.63, 3.8) is 0 Å². The number of nitrogens with zero attached hydrogens (tertiary/aromatic N) is 2. The lowest BCUT2D eigenvalue weighted by molar-refractivity contribution is 0.237. The zero-order valence-corrected chi connectivity index (χ0v) is 13.1. The van der Waals surface area contributed by atoms with Crippen molar-refractivity contribution in [2.45, 2.75) is 33.1 Å². The van der Waals surface area contributed by atoms with E-state index in [0.29, 0.717) is 5.92 Å². The molecule has 2 nitrogen and oxygen atoms in total. The van der Waals surface area contributed by atoms with Crippen LogP contribution in [0.5, 0.6) is 0 Å². The molecule has 0 amide bonds. The van der Waals surface area contributed by atoms with E-state index in [1.54, 1.807) is 0 Å². The van der Waals surface area contributed by atoms with Crippen molar-refractivity contribution < 1.29 is 0 Å². The van der Waals surface area contributed by atoms with Gasteiger partial charge in [0, 0.05) is 13.1 Å². The minimum absolute atomic E-state index is 0.650. The molecule has 0 aliphatic rings. The van der Waals surface area contributed by atoms with Gasteiger partial charge >= 0.3 is 0 Å². The molecule has 1 unspecified atom stereocenters. The quantitative estimate of drug-likeness (QED) is 0.672. The van der Waals surface area contributed by atoms with Gasteiger partial charge in [-0.25, -0.2) is 0 Å². The molecule has 0 N–H and O–H groups in total. The lowest BCUT2D eigenvalue weighted by Crippen LogP contribution is -2.33. The van der Waals surface area contributed by atoms with Gasteiger partial charge in [-0.2, -0.15) is 0 Å². The Bertz CT molecular complexity index is 319. The topological polar surface area (TPSA) is 6.48 Å². The SMILES string of the molecule is CCN(CC)CCN(C)CCC(C)c1ccccc1. The molecule has 0 spiro atoms. The van der Waals surface area contributed by atoms with Crippen molar-refractivity contribution in [1.82, 2.24) is 9.80 Å². The normalized spacial score (nSPS) is 13.2. The molecule has 0 radical (unpaired) electrons. The molecule has 0 fully saturated rings. The number of rotatable bonds is 9. The van der Waals surface area contributed by atoms with Crippen molar-refractivity contribution in [2.24, 2.45) is 0 Å². The Balaban J connectivity index is 2.24. The highest BCUT2D eigenvalue weighted by Gasteiger charge is 2.07. The Labute approximate surface area is 119 Å². The summed E-state index contributed by atoms with van der Waals surface area (Å²) in [4.78, 5) is 4.94. The fraction of sp³-hybridized carbons (Fsp3) is 0.647. The third kappa shape index (κ3) is 6.22. The van der Waals surface area contributed by atoms with Crippen molar-refractivity contribution in [3.05, 3.63) is 35.9 Å². The zero-order chi connectivity index (χ0) is 14.1. The van der Waals surface area contributed by atoms with Gasteiger partial charge < -0.3 is 9.80 Å². The third-order valence-corrected chi connectivity index (χ3v) is 4.00. The van der Waals surface area contributed by atoms with E-state index >= 15 is 0 Å². The molecule has 0 bridgehead atoms. The Kier molecular flexibility index (Phi) is 7.76. The van der Waals surface area contributed by atoms with Crippen LogP contribution < -0.4 is 0 Å². The molecule has 0 saturated carbocycles. The van der Waals surface area contributed by atoms with Gasteiger partial charge in [0.25, 0.3) is 0 Å². The number of benzene rings is 1. The molecule has 19 heavy (non-hydrogen) atoms. The molecule has 0 heterocycles. The van der Waals surface area contributed by atoms with Crippen LogP contribution in [-0.4, -0.2) is 49.6 Å².